The van der Waals surface area contributed by atoms with Gasteiger partial charge in [0.05, 0.1) is 0 Å². The predicted octanol–water partition coefficient (Wildman–Crippen LogP) is 2.68. The third-order valence-corrected chi connectivity index (χ3v) is 0.732. The third kappa shape index (κ3) is 2.95. The molecule has 9 heavy (non-hydrogen) atoms. The lowest BCUT2D eigenvalue weighted by Gasteiger charge is -2.03. The summed E-state index contributed by atoms with van der Waals surface area (Å²) in [5, 5.41) is 0. The number of allylic oxidation sites excluding steroid dienone is 3. The molecule has 3 heteroatoms. The summed E-state index contributed by atoms with van der Waals surface area (Å²) < 4.78 is 34.5. The van der Waals surface area contributed by atoms with E-state index in [0.29, 0.717) is 0 Å². The minimum atomic E-state index is -4.27. The summed E-state index contributed by atoms with van der Waals surface area (Å²) in [5.74, 6) is 0. The van der Waals surface area contributed by atoms with E-state index in [1.54, 1.807) is 0 Å². The van der Waals surface area contributed by atoms with E-state index in [1.807, 2.05) is 0 Å². The Morgan fingerprint density at radius 2 is 1.89 bits per heavy atom. The first-order valence-corrected chi connectivity index (χ1v) is 2.37. The maximum atomic E-state index is 11.5. The van der Waals surface area contributed by atoms with Gasteiger partial charge in [-0.2, -0.15) is 13.2 Å². The zero-order valence-electron chi connectivity index (χ0n) is 5.00. The van der Waals surface area contributed by atoms with E-state index in [1.165, 1.54) is 13.0 Å². The highest BCUT2D eigenvalue weighted by atomic mass is 19.4. The smallest absolute Gasteiger partial charge is 0.166 e. The van der Waals surface area contributed by atoms with Crippen LogP contribution in [0.1, 0.15) is 6.92 Å². The Labute approximate surface area is 51.7 Å². The Bertz CT molecular complexity index is 130. The number of hydrogen-bond donors (Lipinski definition) is 0. The van der Waals surface area contributed by atoms with Gasteiger partial charge in [0, 0.05) is 5.57 Å². The molecule has 0 aliphatic carbocycles. The number of hydrogen-bond acceptors (Lipinski definition) is 0. The van der Waals surface area contributed by atoms with Crippen molar-refractivity contribution in [2.24, 2.45) is 0 Å². The average Bonchev–Trinajstić information content (AvgIpc) is 1.64. The Hall–Kier alpha value is -0.730. The molecule has 0 aromatic carbocycles. The van der Waals surface area contributed by atoms with Crippen LogP contribution in [0.4, 0.5) is 13.2 Å². The minimum Gasteiger partial charge on any atom is -0.166 e. The van der Waals surface area contributed by atoms with Crippen molar-refractivity contribution in [1.29, 1.82) is 0 Å². The fraction of sp³-hybridized carbons (Fsp3) is 0.333. The molecule has 0 atom stereocenters. The topological polar surface area (TPSA) is 0 Å². The average molecular weight is 136 g/mol. The van der Waals surface area contributed by atoms with Crippen LogP contribution in [0.15, 0.2) is 24.3 Å². The molecule has 0 N–H and O–H groups in total. The molecule has 0 amide bonds. The first kappa shape index (κ1) is 8.27. The molecule has 0 saturated carbocycles. The van der Waals surface area contributed by atoms with Crippen LogP contribution in [0.3, 0.4) is 0 Å². The molecular weight excluding hydrogens is 129 g/mol. The molecule has 0 heterocycles. The van der Waals surface area contributed by atoms with Gasteiger partial charge in [0.15, 0.2) is 0 Å². The minimum absolute atomic E-state index is 0.815. The predicted molar refractivity (Wildman–Crippen MR) is 30.0 cm³/mol. The summed E-state index contributed by atoms with van der Waals surface area (Å²) in [6, 6.07) is 0. The molecule has 0 fully saturated rings. The summed E-state index contributed by atoms with van der Waals surface area (Å²) in [4.78, 5) is 0. The van der Waals surface area contributed by atoms with Crippen molar-refractivity contribution in [1.82, 2.24) is 0 Å². The van der Waals surface area contributed by atoms with E-state index in [4.69, 9.17) is 0 Å². The lowest BCUT2D eigenvalue weighted by Crippen LogP contribution is -2.07. The standard InChI is InChI=1S/C6H7F3/c1-3-4-5(2)6(7,8)9/h3-4H,2H2,1H3. The number of rotatable bonds is 1. The summed E-state index contributed by atoms with van der Waals surface area (Å²) in [6.45, 7) is 4.31. The molecule has 0 aromatic rings. The Balaban J connectivity index is 4.06. The third-order valence-electron chi connectivity index (χ3n) is 0.732. The van der Waals surface area contributed by atoms with Crippen LogP contribution in [0, 0.1) is 0 Å². The van der Waals surface area contributed by atoms with Crippen molar-refractivity contribution in [3.63, 3.8) is 0 Å². The quantitative estimate of drug-likeness (QED) is 0.486. The molecule has 0 spiro atoms. The first-order chi connectivity index (χ1) is 3.98. The molecule has 0 unspecified atom stereocenters. The van der Waals surface area contributed by atoms with Gasteiger partial charge in [-0.15, -0.1) is 0 Å². The SMILES string of the molecule is C=C(C=CC)C(F)(F)F. The molecule has 0 nitrogen and oxygen atoms in total. The summed E-state index contributed by atoms with van der Waals surface area (Å²) >= 11 is 0. The van der Waals surface area contributed by atoms with Crippen molar-refractivity contribution >= 4 is 0 Å². The van der Waals surface area contributed by atoms with E-state index < -0.39 is 11.7 Å². The van der Waals surface area contributed by atoms with Crippen LogP contribution in [0.5, 0.6) is 0 Å². The lowest BCUT2D eigenvalue weighted by molar-refractivity contribution is -0.0878. The van der Waals surface area contributed by atoms with E-state index in [-0.39, 0.29) is 0 Å². The second kappa shape index (κ2) is 2.71. The monoisotopic (exact) mass is 136 g/mol. The maximum Gasteiger partial charge on any atom is 0.415 e. The van der Waals surface area contributed by atoms with E-state index in [2.05, 4.69) is 6.58 Å². The van der Waals surface area contributed by atoms with E-state index in [0.717, 1.165) is 6.08 Å². The van der Waals surface area contributed by atoms with Gasteiger partial charge in [0.2, 0.25) is 0 Å². The molecule has 0 radical (unpaired) electrons. The van der Waals surface area contributed by atoms with Crippen LogP contribution in [0.2, 0.25) is 0 Å². The summed E-state index contributed by atoms with van der Waals surface area (Å²) in [7, 11) is 0. The summed E-state index contributed by atoms with van der Waals surface area (Å²) in [5.41, 5.74) is -0.815. The van der Waals surface area contributed by atoms with Crippen LogP contribution >= 0.6 is 0 Å². The van der Waals surface area contributed by atoms with Crippen molar-refractivity contribution in [2.75, 3.05) is 0 Å². The fourth-order valence-electron chi connectivity index (χ4n) is 0.296. The Morgan fingerprint density at radius 3 is 2.00 bits per heavy atom. The molecule has 52 valence electrons. The van der Waals surface area contributed by atoms with Crippen molar-refractivity contribution in [3.8, 4) is 0 Å². The highest BCUT2D eigenvalue weighted by Crippen LogP contribution is 2.24. The van der Waals surface area contributed by atoms with Gasteiger partial charge in [0.25, 0.3) is 0 Å². The summed E-state index contributed by atoms with van der Waals surface area (Å²) in [6.07, 6.45) is -2.04. The first-order valence-electron chi connectivity index (χ1n) is 2.37. The normalized spacial score (nSPS) is 12.4. The highest BCUT2D eigenvalue weighted by Gasteiger charge is 2.29. The molecular formula is C6H7F3. The number of halogens is 3. The van der Waals surface area contributed by atoms with Crippen molar-refractivity contribution in [3.05, 3.63) is 24.3 Å². The van der Waals surface area contributed by atoms with Crippen LogP contribution in [0.25, 0.3) is 0 Å². The zero-order chi connectivity index (χ0) is 7.49. The molecule has 0 aromatic heterocycles. The van der Waals surface area contributed by atoms with Gasteiger partial charge in [-0.05, 0) is 6.92 Å². The van der Waals surface area contributed by atoms with Gasteiger partial charge in [0.1, 0.15) is 0 Å². The van der Waals surface area contributed by atoms with Crippen molar-refractivity contribution in [2.45, 2.75) is 13.1 Å². The van der Waals surface area contributed by atoms with Crippen LogP contribution in [-0.2, 0) is 0 Å². The van der Waals surface area contributed by atoms with E-state index >= 15 is 0 Å². The van der Waals surface area contributed by atoms with Crippen LogP contribution in [-0.4, -0.2) is 6.18 Å². The zero-order valence-corrected chi connectivity index (χ0v) is 5.00. The highest BCUT2D eigenvalue weighted by molar-refractivity contribution is 5.18. The van der Waals surface area contributed by atoms with Gasteiger partial charge in [-0.25, -0.2) is 0 Å². The van der Waals surface area contributed by atoms with E-state index in [9.17, 15) is 13.2 Å². The van der Waals surface area contributed by atoms with Crippen molar-refractivity contribution < 1.29 is 13.2 Å². The fourth-order valence-corrected chi connectivity index (χ4v) is 0.296. The number of alkyl halides is 3. The second-order valence-electron chi connectivity index (χ2n) is 1.52. The molecule has 0 bridgehead atoms. The maximum absolute atomic E-state index is 11.5. The lowest BCUT2D eigenvalue weighted by atomic mass is 10.3. The van der Waals surface area contributed by atoms with Crippen LogP contribution < -0.4 is 0 Å². The largest absolute Gasteiger partial charge is 0.415 e. The molecule has 0 saturated heterocycles. The van der Waals surface area contributed by atoms with Gasteiger partial charge >= 0.3 is 6.18 Å². The van der Waals surface area contributed by atoms with Gasteiger partial charge in [-0.1, -0.05) is 18.7 Å². The van der Waals surface area contributed by atoms with Gasteiger partial charge < -0.3 is 0 Å². The Morgan fingerprint density at radius 1 is 1.44 bits per heavy atom. The second-order valence-corrected chi connectivity index (χ2v) is 1.52. The molecule has 0 rings (SSSR count). The Kier molecular flexibility index (Phi) is 2.49. The molecule has 0 aliphatic rings. The van der Waals surface area contributed by atoms with Gasteiger partial charge in [-0.3, -0.25) is 0 Å². The molecule has 0 aliphatic heterocycles.